The van der Waals surface area contributed by atoms with Gasteiger partial charge in [0, 0.05) is 17.8 Å². The van der Waals surface area contributed by atoms with Gasteiger partial charge in [0.25, 0.3) is 0 Å². The zero-order chi connectivity index (χ0) is 20.3. The highest BCUT2D eigenvalue weighted by Gasteiger charge is 2.44. The number of halogens is 4. The molecule has 0 aliphatic rings. The number of nitrogens with two attached hydrogens (primary N) is 1. The molecule has 0 aliphatic carbocycles. The van der Waals surface area contributed by atoms with Crippen LogP contribution in [0.1, 0.15) is 11.7 Å². The molecule has 0 aliphatic heterocycles. The Morgan fingerprint density at radius 3 is 2.43 bits per heavy atom. The number of ether oxygens (including phenoxy) is 2. The number of methoxy groups -OCH3 is 1. The molecule has 2 aromatic carbocycles. The van der Waals surface area contributed by atoms with E-state index in [0.717, 1.165) is 24.4 Å². The Morgan fingerprint density at radius 1 is 1.04 bits per heavy atom. The first-order valence-electron chi connectivity index (χ1n) is 8.03. The van der Waals surface area contributed by atoms with Crippen LogP contribution in [-0.2, 0) is 0 Å². The van der Waals surface area contributed by atoms with Crippen molar-refractivity contribution >= 4 is 5.95 Å². The molecule has 1 aromatic heterocycles. The number of anilines is 1. The molecule has 146 valence electrons. The number of hydrogen-bond acceptors (Lipinski definition) is 5. The second-order valence-electron chi connectivity index (χ2n) is 5.76. The second-order valence-corrected chi connectivity index (χ2v) is 5.76. The molecule has 0 fully saturated rings. The third-order valence-electron chi connectivity index (χ3n) is 3.87. The number of hydrogen-bond donors (Lipinski definition) is 1. The molecule has 2 N–H and O–H groups in total. The molecule has 0 radical (unpaired) electrons. The Labute approximate surface area is 157 Å². The highest BCUT2D eigenvalue weighted by molar-refractivity contribution is 5.65. The van der Waals surface area contributed by atoms with E-state index < -0.39 is 29.5 Å². The van der Waals surface area contributed by atoms with Crippen LogP contribution in [0, 0.1) is 5.82 Å². The summed E-state index contributed by atoms with van der Waals surface area (Å²) in [6.07, 6.45) is -6.29. The largest absolute Gasteiger partial charge is 0.497 e. The first-order valence-corrected chi connectivity index (χ1v) is 8.03. The van der Waals surface area contributed by atoms with Crippen LogP contribution in [0.5, 0.6) is 11.6 Å². The summed E-state index contributed by atoms with van der Waals surface area (Å²) in [4.78, 5) is 7.15. The van der Waals surface area contributed by atoms with Gasteiger partial charge in [0.1, 0.15) is 11.6 Å². The van der Waals surface area contributed by atoms with E-state index in [1.807, 2.05) is 0 Å². The molecular formula is C19H15F4N3O2. The average Bonchev–Trinajstić information content (AvgIpc) is 2.66. The smallest absolute Gasteiger partial charge is 0.429 e. The van der Waals surface area contributed by atoms with Crippen molar-refractivity contribution in [2.45, 2.75) is 12.3 Å². The zero-order valence-corrected chi connectivity index (χ0v) is 14.6. The van der Waals surface area contributed by atoms with Crippen LogP contribution in [0.15, 0.2) is 54.7 Å². The fraction of sp³-hybridized carbons (Fsp3) is 0.158. The monoisotopic (exact) mass is 393 g/mol. The van der Waals surface area contributed by atoms with Crippen molar-refractivity contribution in [1.82, 2.24) is 9.97 Å². The van der Waals surface area contributed by atoms with E-state index >= 15 is 0 Å². The Balaban J connectivity index is 1.97. The molecule has 1 heterocycles. The van der Waals surface area contributed by atoms with Crippen LogP contribution in [0.4, 0.5) is 23.5 Å². The highest BCUT2D eigenvalue weighted by Crippen LogP contribution is 2.38. The van der Waals surface area contributed by atoms with Crippen molar-refractivity contribution in [1.29, 1.82) is 0 Å². The average molecular weight is 393 g/mol. The number of aromatic nitrogens is 2. The van der Waals surface area contributed by atoms with Crippen molar-refractivity contribution < 1.29 is 27.0 Å². The molecule has 1 atom stereocenters. The van der Waals surface area contributed by atoms with Gasteiger partial charge >= 0.3 is 6.18 Å². The third-order valence-corrected chi connectivity index (χ3v) is 3.87. The lowest BCUT2D eigenvalue weighted by atomic mass is 10.0. The van der Waals surface area contributed by atoms with E-state index in [4.69, 9.17) is 15.2 Å². The first kappa shape index (κ1) is 19.4. The molecule has 28 heavy (non-hydrogen) atoms. The van der Waals surface area contributed by atoms with E-state index in [9.17, 15) is 17.6 Å². The van der Waals surface area contributed by atoms with Gasteiger partial charge in [-0.2, -0.15) is 18.2 Å². The van der Waals surface area contributed by atoms with Crippen molar-refractivity contribution in [2.24, 2.45) is 0 Å². The molecule has 0 amide bonds. The van der Waals surface area contributed by atoms with Crippen LogP contribution in [-0.4, -0.2) is 23.3 Å². The zero-order valence-electron chi connectivity index (χ0n) is 14.6. The number of nitrogen functional groups attached to an aromatic ring is 1. The van der Waals surface area contributed by atoms with Gasteiger partial charge in [-0.15, -0.1) is 0 Å². The van der Waals surface area contributed by atoms with Crippen molar-refractivity contribution in [3.8, 4) is 22.8 Å². The SMILES string of the molecule is COc1cccc(-c2ccc(C(Oc3ccnc(N)n3)C(F)(F)F)c(F)c2)c1. The molecule has 9 heteroatoms. The minimum absolute atomic E-state index is 0.257. The first-order chi connectivity index (χ1) is 13.3. The van der Waals surface area contributed by atoms with Gasteiger partial charge in [0.15, 0.2) is 0 Å². The molecule has 5 nitrogen and oxygen atoms in total. The van der Waals surface area contributed by atoms with Crippen molar-refractivity contribution in [3.05, 3.63) is 66.1 Å². The fourth-order valence-corrected chi connectivity index (χ4v) is 2.57. The number of nitrogens with zero attached hydrogens (tertiary/aromatic N) is 2. The van der Waals surface area contributed by atoms with E-state index in [1.54, 1.807) is 24.3 Å². The second kappa shape index (κ2) is 7.71. The Morgan fingerprint density at radius 2 is 1.79 bits per heavy atom. The predicted molar refractivity (Wildman–Crippen MR) is 94.3 cm³/mol. The van der Waals surface area contributed by atoms with Crippen LogP contribution in [0.3, 0.4) is 0 Å². The molecule has 3 aromatic rings. The summed E-state index contributed by atoms with van der Waals surface area (Å²) in [5.74, 6) is -1.19. The van der Waals surface area contributed by atoms with E-state index in [-0.39, 0.29) is 5.95 Å². The lowest BCUT2D eigenvalue weighted by Gasteiger charge is -2.22. The summed E-state index contributed by atoms with van der Waals surface area (Å²) in [6, 6.07) is 11.3. The van der Waals surface area contributed by atoms with E-state index in [2.05, 4.69) is 9.97 Å². The lowest BCUT2D eigenvalue weighted by Crippen LogP contribution is -2.27. The van der Waals surface area contributed by atoms with Crippen molar-refractivity contribution in [2.75, 3.05) is 12.8 Å². The van der Waals surface area contributed by atoms with Gasteiger partial charge in [-0.1, -0.05) is 24.3 Å². The van der Waals surface area contributed by atoms with Gasteiger partial charge in [-0.05, 0) is 29.3 Å². The lowest BCUT2D eigenvalue weighted by molar-refractivity contribution is -0.199. The Hall–Kier alpha value is -3.36. The molecule has 1 unspecified atom stereocenters. The van der Waals surface area contributed by atoms with Gasteiger partial charge in [0.2, 0.25) is 17.9 Å². The summed E-state index contributed by atoms with van der Waals surface area (Å²) in [7, 11) is 1.48. The summed E-state index contributed by atoms with van der Waals surface area (Å²) >= 11 is 0. The van der Waals surface area contributed by atoms with E-state index in [0.29, 0.717) is 16.9 Å². The molecule has 0 saturated heterocycles. The van der Waals surface area contributed by atoms with Gasteiger partial charge in [-0.3, -0.25) is 0 Å². The standard InChI is InChI=1S/C19H15F4N3O2/c1-27-13-4-2-3-11(9-13)12-5-6-14(15(20)10-12)17(19(21,22)23)28-16-7-8-25-18(24)26-16/h2-10,17H,1H3,(H2,24,25,26). The Kier molecular flexibility index (Phi) is 5.34. The summed E-state index contributed by atoms with van der Waals surface area (Å²) in [6.45, 7) is 0. The van der Waals surface area contributed by atoms with Crippen LogP contribution in [0.2, 0.25) is 0 Å². The van der Waals surface area contributed by atoms with E-state index in [1.165, 1.54) is 13.2 Å². The van der Waals surface area contributed by atoms with Gasteiger partial charge in [-0.25, -0.2) is 9.37 Å². The van der Waals surface area contributed by atoms with Crippen LogP contribution >= 0.6 is 0 Å². The van der Waals surface area contributed by atoms with Gasteiger partial charge < -0.3 is 15.2 Å². The van der Waals surface area contributed by atoms with Crippen molar-refractivity contribution in [3.63, 3.8) is 0 Å². The maximum Gasteiger partial charge on any atom is 0.429 e. The number of alkyl halides is 3. The maximum atomic E-state index is 14.6. The Bertz CT molecular complexity index is 979. The normalized spacial score (nSPS) is 12.5. The summed E-state index contributed by atoms with van der Waals surface area (Å²) < 4.78 is 65.1. The molecular weight excluding hydrogens is 378 g/mol. The predicted octanol–water partition coefficient (Wildman–Crippen LogP) is 4.56. The van der Waals surface area contributed by atoms with Gasteiger partial charge in [0.05, 0.1) is 7.11 Å². The minimum Gasteiger partial charge on any atom is -0.497 e. The summed E-state index contributed by atoms with van der Waals surface area (Å²) in [5.41, 5.74) is 5.67. The highest BCUT2D eigenvalue weighted by atomic mass is 19.4. The summed E-state index contributed by atoms with van der Waals surface area (Å²) in [5, 5.41) is 0. The fourth-order valence-electron chi connectivity index (χ4n) is 2.57. The molecule has 3 rings (SSSR count). The number of rotatable bonds is 5. The molecule has 0 spiro atoms. The van der Waals surface area contributed by atoms with Crippen LogP contribution in [0.25, 0.3) is 11.1 Å². The molecule has 0 bridgehead atoms. The minimum atomic E-state index is -4.88. The topological polar surface area (TPSA) is 70.3 Å². The third kappa shape index (κ3) is 4.30. The molecule has 0 saturated carbocycles. The number of benzene rings is 2. The maximum absolute atomic E-state index is 14.6. The quantitative estimate of drug-likeness (QED) is 0.644. The van der Waals surface area contributed by atoms with Crippen LogP contribution < -0.4 is 15.2 Å².